The molecule has 15 heavy (non-hydrogen) atoms. The van der Waals surface area contributed by atoms with E-state index in [1.165, 1.54) is 5.56 Å². The van der Waals surface area contributed by atoms with E-state index in [-0.39, 0.29) is 0 Å². The summed E-state index contributed by atoms with van der Waals surface area (Å²) in [6, 6.07) is 10.5. The molecule has 1 rings (SSSR count). The highest BCUT2D eigenvalue weighted by molar-refractivity contribution is 14.1. The minimum absolute atomic E-state index is 0.926. The quantitative estimate of drug-likeness (QED) is 0.573. The van der Waals surface area contributed by atoms with E-state index < -0.39 is 0 Å². The van der Waals surface area contributed by atoms with Crippen LogP contribution in [0.25, 0.3) is 0 Å². The van der Waals surface area contributed by atoms with Gasteiger partial charge >= 0.3 is 0 Å². The Morgan fingerprint density at radius 2 is 1.93 bits per heavy atom. The first kappa shape index (κ1) is 12.5. The molecule has 0 N–H and O–H groups in total. The average Bonchev–Trinajstić information content (AvgIpc) is 2.28. The van der Waals surface area contributed by atoms with E-state index in [4.69, 9.17) is 0 Å². The van der Waals surface area contributed by atoms with Gasteiger partial charge in [0.2, 0.25) is 0 Å². The minimum atomic E-state index is 0.926. The number of halogens is 1. The van der Waals surface area contributed by atoms with Crippen LogP contribution in [0.5, 0.6) is 0 Å². The lowest BCUT2D eigenvalue weighted by molar-refractivity contribution is 0.328. The van der Waals surface area contributed by atoms with Crippen molar-refractivity contribution in [3.8, 4) is 0 Å². The Balaban J connectivity index is 2.54. The molecule has 0 heterocycles. The molecule has 0 bridgehead atoms. The normalized spacial score (nSPS) is 11.1. The minimum Gasteiger partial charge on any atom is -0.292 e. The molecule has 0 aliphatic heterocycles. The second-order valence-electron chi connectivity index (χ2n) is 3.33. The van der Waals surface area contributed by atoms with E-state index in [1.54, 1.807) is 0 Å². The second-order valence-corrected chi connectivity index (χ2v) is 4.05. The molecule has 1 aromatic rings. The van der Waals surface area contributed by atoms with Crippen LogP contribution in [0.2, 0.25) is 0 Å². The van der Waals surface area contributed by atoms with Gasteiger partial charge in [0, 0.05) is 19.6 Å². The van der Waals surface area contributed by atoms with Crippen molar-refractivity contribution in [1.29, 1.82) is 0 Å². The number of rotatable bonds is 6. The fourth-order valence-corrected chi connectivity index (χ4v) is 1.64. The lowest BCUT2D eigenvalue weighted by Gasteiger charge is -2.18. The van der Waals surface area contributed by atoms with Crippen molar-refractivity contribution >= 4 is 22.6 Å². The van der Waals surface area contributed by atoms with E-state index in [0.29, 0.717) is 0 Å². The van der Waals surface area contributed by atoms with Crippen LogP contribution in [0.15, 0.2) is 53.1 Å². The van der Waals surface area contributed by atoms with Gasteiger partial charge in [0.05, 0.1) is 0 Å². The van der Waals surface area contributed by atoms with Crippen LogP contribution in [0.1, 0.15) is 5.56 Å². The lowest BCUT2D eigenvalue weighted by Crippen LogP contribution is -2.23. The fraction of sp³-hybridized carbons (Fsp3) is 0.231. The molecule has 0 amide bonds. The third-order valence-electron chi connectivity index (χ3n) is 2.09. The van der Waals surface area contributed by atoms with Gasteiger partial charge in [-0.3, -0.25) is 4.90 Å². The molecule has 0 aromatic heterocycles. The summed E-state index contributed by atoms with van der Waals surface area (Å²) in [5.74, 6) is 0. The van der Waals surface area contributed by atoms with E-state index in [9.17, 15) is 0 Å². The molecule has 0 radical (unpaired) electrons. The number of benzene rings is 1. The molecule has 80 valence electrons. The van der Waals surface area contributed by atoms with Crippen LogP contribution >= 0.6 is 22.6 Å². The third-order valence-corrected chi connectivity index (χ3v) is 2.60. The monoisotopic (exact) mass is 313 g/mol. The van der Waals surface area contributed by atoms with Crippen LogP contribution in [0.3, 0.4) is 0 Å². The summed E-state index contributed by atoms with van der Waals surface area (Å²) in [6.45, 7) is 6.67. The molecule has 1 aromatic carbocycles. The van der Waals surface area contributed by atoms with E-state index in [0.717, 1.165) is 19.6 Å². The van der Waals surface area contributed by atoms with Gasteiger partial charge < -0.3 is 0 Å². The number of nitrogens with zero attached hydrogens (tertiary/aromatic N) is 1. The molecule has 0 atom stereocenters. The van der Waals surface area contributed by atoms with Crippen molar-refractivity contribution in [2.45, 2.75) is 6.54 Å². The molecule has 2 heteroatoms. The Morgan fingerprint density at radius 1 is 1.20 bits per heavy atom. The number of hydrogen-bond acceptors (Lipinski definition) is 1. The van der Waals surface area contributed by atoms with Crippen LogP contribution in [0, 0.1) is 0 Å². The molecule has 1 nitrogen and oxygen atoms in total. The fourth-order valence-electron chi connectivity index (χ4n) is 1.42. The molecule has 0 spiro atoms. The van der Waals surface area contributed by atoms with E-state index in [1.807, 2.05) is 12.1 Å². The first-order valence-corrected chi connectivity index (χ1v) is 6.23. The molecular formula is C13H16IN. The maximum atomic E-state index is 3.78. The summed E-state index contributed by atoms with van der Waals surface area (Å²) in [6.07, 6.45) is 4.11. The second kappa shape index (κ2) is 7.65. The van der Waals surface area contributed by atoms with Gasteiger partial charge in [-0.05, 0) is 9.65 Å². The average molecular weight is 313 g/mol. The van der Waals surface area contributed by atoms with E-state index in [2.05, 4.69) is 68.5 Å². The van der Waals surface area contributed by atoms with Gasteiger partial charge in [-0.1, -0.05) is 65.1 Å². The Hall–Kier alpha value is -0.610. The van der Waals surface area contributed by atoms with Gasteiger partial charge in [0.25, 0.3) is 0 Å². The standard InChI is InChI=1S/C13H16IN/c1-2-10-15(11-6-9-14)12-13-7-4-3-5-8-13/h2-9H,1,10-12H2/b9-6+. The Labute approximate surface area is 106 Å². The highest BCUT2D eigenvalue weighted by Crippen LogP contribution is 2.04. The highest BCUT2D eigenvalue weighted by Gasteiger charge is 2.01. The van der Waals surface area contributed by atoms with Gasteiger partial charge in [-0.2, -0.15) is 0 Å². The molecule has 0 aliphatic rings. The summed E-state index contributed by atoms with van der Waals surface area (Å²) in [5.41, 5.74) is 1.35. The zero-order valence-electron chi connectivity index (χ0n) is 8.77. The molecule has 0 saturated heterocycles. The van der Waals surface area contributed by atoms with Gasteiger partial charge in [0.15, 0.2) is 0 Å². The van der Waals surface area contributed by atoms with Gasteiger partial charge in [0.1, 0.15) is 0 Å². The largest absolute Gasteiger partial charge is 0.292 e. The summed E-state index contributed by atoms with van der Waals surface area (Å²) in [7, 11) is 0. The topological polar surface area (TPSA) is 3.24 Å². The zero-order chi connectivity index (χ0) is 10.9. The van der Waals surface area contributed by atoms with E-state index >= 15 is 0 Å². The van der Waals surface area contributed by atoms with Crippen molar-refractivity contribution < 1.29 is 0 Å². The Kier molecular flexibility index (Phi) is 6.36. The Bertz CT molecular complexity index is 306. The number of hydrogen-bond donors (Lipinski definition) is 0. The molecule has 0 unspecified atom stereocenters. The maximum Gasteiger partial charge on any atom is 0.0240 e. The first-order valence-electron chi connectivity index (χ1n) is 4.99. The highest BCUT2D eigenvalue weighted by atomic mass is 127. The molecular weight excluding hydrogens is 297 g/mol. The van der Waals surface area contributed by atoms with Gasteiger partial charge in [-0.15, -0.1) is 6.58 Å². The third kappa shape index (κ3) is 5.14. The predicted molar refractivity (Wildman–Crippen MR) is 75.1 cm³/mol. The summed E-state index contributed by atoms with van der Waals surface area (Å²) >= 11 is 2.25. The summed E-state index contributed by atoms with van der Waals surface area (Å²) in [4.78, 5) is 2.34. The molecule has 0 aliphatic carbocycles. The van der Waals surface area contributed by atoms with Crippen molar-refractivity contribution in [1.82, 2.24) is 4.90 Å². The van der Waals surface area contributed by atoms with Crippen molar-refractivity contribution in [3.05, 3.63) is 58.7 Å². The van der Waals surface area contributed by atoms with Crippen molar-refractivity contribution in [2.75, 3.05) is 13.1 Å². The first-order chi connectivity index (χ1) is 7.36. The van der Waals surface area contributed by atoms with Crippen molar-refractivity contribution in [3.63, 3.8) is 0 Å². The lowest BCUT2D eigenvalue weighted by atomic mass is 10.2. The Morgan fingerprint density at radius 3 is 2.53 bits per heavy atom. The predicted octanol–water partition coefficient (Wildman–Crippen LogP) is 3.62. The van der Waals surface area contributed by atoms with Crippen molar-refractivity contribution in [2.24, 2.45) is 0 Å². The molecule has 0 saturated carbocycles. The van der Waals surface area contributed by atoms with Crippen LogP contribution < -0.4 is 0 Å². The SMILES string of the molecule is C=CCN(C/C=C/I)Cc1ccccc1. The smallest absolute Gasteiger partial charge is 0.0240 e. The zero-order valence-corrected chi connectivity index (χ0v) is 10.9. The maximum absolute atomic E-state index is 3.78. The molecule has 0 fully saturated rings. The summed E-state index contributed by atoms with van der Waals surface area (Å²) in [5, 5.41) is 0. The van der Waals surface area contributed by atoms with Crippen LogP contribution in [-0.2, 0) is 6.54 Å². The van der Waals surface area contributed by atoms with Crippen LogP contribution in [-0.4, -0.2) is 18.0 Å². The van der Waals surface area contributed by atoms with Gasteiger partial charge in [-0.25, -0.2) is 0 Å². The summed E-state index contributed by atoms with van der Waals surface area (Å²) < 4.78 is 2.05. The van der Waals surface area contributed by atoms with Crippen LogP contribution in [0.4, 0.5) is 0 Å².